The maximum absolute atomic E-state index is 12.1. The highest BCUT2D eigenvalue weighted by atomic mass is 32.2. The third-order valence-corrected chi connectivity index (χ3v) is 8.35. The number of fused-ring (bicyclic) bond motifs is 1. The molecular formula is C24H32N2O3S. The Hall–Kier alpha value is -1.89. The highest BCUT2D eigenvalue weighted by Gasteiger charge is 2.35. The van der Waals surface area contributed by atoms with Crippen LogP contribution in [0.4, 0.5) is 0 Å². The lowest BCUT2D eigenvalue weighted by Gasteiger charge is -2.38. The van der Waals surface area contributed by atoms with Crippen molar-refractivity contribution in [2.45, 2.75) is 44.6 Å². The Kier molecular flexibility index (Phi) is 6.46. The summed E-state index contributed by atoms with van der Waals surface area (Å²) in [4.78, 5) is 0. The molecule has 162 valence electrons. The van der Waals surface area contributed by atoms with Crippen LogP contribution in [0.1, 0.15) is 42.4 Å². The molecule has 0 amide bonds. The van der Waals surface area contributed by atoms with E-state index in [2.05, 4.69) is 36.4 Å². The average Bonchev–Trinajstić information content (AvgIpc) is 2.69. The predicted molar refractivity (Wildman–Crippen MR) is 120 cm³/mol. The smallest absolute Gasteiger partial charge is 0.214 e. The van der Waals surface area contributed by atoms with Crippen molar-refractivity contribution >= 4 is 10.0 Å². The van der Waals surface area contributed by atoms with Gasteiger partial charge in [0.1, 0.15) is 5.75 Å². The van der Waals surface area contributed by atoms with Gasteiger partial charge in [0, 0.05) is 31.0 Å². The topological polar surface area (TPSA) is 72.6 Å². The molecule has 2 aromatic carbocycles. The van der Waals surface area contributed by atoms with Crippen LogP contribution in [0.25, 0.3) is 0 Å². The van der Waals surface area contributed by atoms with E-state index in [1.807, 2.05) is 19.1 Å². The maximum Gasteiger partial charge on any atom is 0.214 e. The fourth-order valence-electron chi connectivity index (χ4n) is 4.58. The summed E-state index contributed by atoms with van der Waals surface area (Å²) >= 11 is 0. The molecule has 0 aromatic heterocycles. The molecule has 5 nitrogen and oxygen atoms in total. The van der Waals surface area contributed by atoms with Gasteiger partial charge in [0.25, 0.3) is 0 Å². The molecule has 2 N–H and O–H groups in total. The van der Waals surface area contributed by atoms with Gasteiger partial charge in [0.15, 0.2) is 0 Å². The van der Waals surface area contributed by atoms with Crippen molar-refractivity contribution in [1.29, 1.82) is 0 Å². The van der Waals surface area contributed by atoms with Crippen LogP contribution in [0.2, 0.25) is 0 Å². The number of hydrogen-bond donors (Lipinski definition) is 1. The van der Waals surface area contributed by atoms with Crippen molar-refractivity contribution in [3.63, 3.8) is 0 Å². The normalized spacial score (nSPS) is 22.3. The van der Waals surface area contributed by atoms with E-state index in [0.717, 1.165) is 25.0 Å². The van der Waals surface area contributed by atoms with E-state index in [4.69, 9.17) is 10.5 Å². The molecule has 0 radical (unpaired) electrons. The van der Waals surface area contributed by atoms with Gasteiger partial charge in [-0.05, 0) is 54.5 Å². The van der Waals surface area contributed by atoms with Gasteiger partial charge in [-0.15, -0.1) is 0 Å². The number of rotatable bonds is 8. The zero-order valence-corrected chi connectivity index (χ0v) is 18.5. The summed E-state index contributed by atoms with van der Waals surface area (Å²) in [6, 6.07) is 17.0. The molecule has 0 bridgehead atoms. The molecule has 4 rings (SSSR count). The van der Waals surface area contributed by atoms with Crippen LogP contribution in [0, 0.1) is 5.92 Å². The van der Waals surface area contributed by atoms with Gasteiger partial charge in [-0.1, -0.05) is 43.3 Å². The number of sulfonamides is 1. The van der Waals surface area contributed by atoms with E-state index < -0.39 is 10.0 Å². The first-order valence-corrected chi connectivity index (χ1v) is 12.6. The van der Waals surface area contributed by atoms with E-state index >= 15 is 0 Å². The Morgan fingerprint density at radius 1 is 1.13 bits per heavy atom. The zero-order chi connectivity index (χ0) is 21.1. The molecule has 1 heterocycles. The first-order chi connectivity index (χ1) is 14.5. The van der Waals surface area contributed by atoms with E-state index in [-0.39, 0.29) is 23.6 Å². The average molecular weight is 429 g/mol. The molecule has 0 spiro atoms. The zero-order valence-electron chi connectivity index (χ0n) is 17.7. The van der Waals surface area contributed by atoms with Crippen molar-refractivity contribution in [3.8, 4) is 5.75 Å². The highest BCUT2D eigenvalue weighted by Crippen LogP contribution is 2.36. The number of nitrogens with two attached hydrogens (primary N) is 1. The number of benzene rings is 2. The van der Waals surface area contributed by atoms with Crippen LogP contribution < -0.4 is 10.5 Å². The minimum atomic E-state index is -3.08. The number of nitrogens with zero attached hydrogens (tertiary/aromatic N) is 1. The summed E-state index contributed by atoms with van der Waals surface area (Å²) in [6.45, 7) is 3.57. The molecular weight excluding hydrogens is 396 g/mol. The number of hydrogen-bond acceptors (Lipinski definition) is 4. The van der Waals surface area contributed by atoms with Gasteiger partial charge in [-0.25, -0.2) is 12.7 Å². The van der Waals surface area contributed by atoms with E-state index in [1.165, 1.54) is 16.7 Å². The van der Waals surface area contributed by atoms with Crippen LogP contribution in [-0.4, -0.2) is 44.2 Å². The van der Waals surface area contributed by atoms with Crippen LogP contribution in [0.3, 0.4) is 0 Å². The van der Waals surface area contributed by atoms with Gasteiger partial charge in [0.05, 0.1) is 12.4 Å². The number of ether oxygens (including phenoxy) is 1. The molecule has 1 aliphatic heterocycles. The molecule has 2 atom stereocenters. The molecule has 30 heavy (non-hydrogen) atoms. The Balaban J connectivity index is 1.40. The first-order valence-electron chi connectivity index (χ1n) is 11.0. The standard InChI is InChI=1S/C24H32N2O3S/c1-2-12-30(27,28)26-15-19(16-26)17-29-21-10-8-20-9-11-24(25)23(22(20)14-21)13-18-6-4-3-5-7-18/h3-8,10,14,19,23-24H,2,9,11-13,15-17,25H2,1H3. The summed E-state index contributed by atoms with van der Waals surface area (Å²) in [5, 5.41) is 0. The fourth-order valence-corrected chi connectivity index (χ4v) is 6.23. The lowest BCUT2D eigenvalue weighted by Crippen LogP contribution is -2.52. The highest BCUT2D eigenvalue weighted by molar-refractivity contribution is 7.89. The first kappa shape index (κ1) is 21.3. The van der Waals surface area contributed by atoms with Crippen molar-refractivity contribution in [3.05, 3.63) is 65.2 Å². The molecule has 1 fully saturated rings. The molecule has 2 aromatic rings. The van der Waals surface area contributed by atoms with Gasteiger partial charge in [0.2, 0.25) is 10.0 Å². The molecule has 1 saturated heterocycles. The fraction of sp³-hybridized carbons (Fsp3) is 0.500. The summed E-state index contributed by atoms with van der Waals surface area (Å²) in [6.07, 6.45) is 3.61. The third-order valence-electron chi connectivity index (χ3n) is 6.34. The van der Waals surface area contributed by atoms with Crippen molar-refractivity contribution in [1.82, 2.24) is 4.31 Å². The van der Waals surface area contributed by atoms with Gasteiger partial charge in [-0.3, -0.25) is 0 Å². The van der Waals surface area contributed by atoms with Crippen LogP contribution in [0.5, 0.6) is 5.75 Å². The third kappa shape index (κ3) is 4.71. The Morgan fingerprint density at radius 3 is 2.63 bits per heavy atom. The van der Waals surface area contributed by atoms with Crippen LogP contribution in [-0.2, 0) is 22.9 Å². The largest absolute Gasteiger partial charge is 0.493 e. The maximum atomic E-state index is 12.1. The predicted octanol–water partition coefficient (Wildman–Crippen LogP) is 3.34. The minimum Gasteiger partial charge on any atom is -0.493 e. The Bertz CT molecular complexity index is 956. The summed E-state index contributed by atoms with van der Waals surface area (Å²) in [7, 11) is -3.08. The van der Waals surface area contributed by atoms with Gasteiger partial charge in [-0.2, -0.15) is 0 Å². The number of aryl methyl sites for hydroxylation is 1. The van der Waals surface area contributed by atoms with Gasteiger partial charge < -0.3 is 10.5 Å². The lowest BCUT2D eigenvalue weighted by molar-refractivity contribution is 0.129. The molecule has 0 saturated carbocycles. The monoisotopic (exact) mass is 428 g/mol. The second-order valence-electron chi connectivity index (χ2n) is 8.67. The van der Waals surface area contributed by atoms with Crippen molar-refractivity contribution in [2.24, 2.45) is 11.7 Å². The quantitative estimate of drug-likeness (QED) is 0.700. The van der Waals surface area contributed by atoms with Gasteiger partial charge >= 0.3 is 0 Å². The summed E-state index contributed by atoms with van der Waals surface area (Å²) in [5.41, 5.74) is 10.5. The van der Waals surface area contributed by atoms with Crippen LogP contribution in [0.15, 0.2) is 48.5 Å². The van der Waals surface area contributed by atoms with E-state index in [9.17, 15) is 8.42 Å². The molecule has 2 aliphatic rings. The van der Waals surface area contributed by atoms with E-state index in [0.29, 0.717) is 26.1 Å². The Morgan fingerprint density at radius 2 is 1.90 bits per heavy atom. The molecule has 1 aliphatic carbocycles. The van der Waals surface area contributed by atoms with E-state index in [1.54, 1.807) is 4.31 Å². The summed E-state index contributed by atoms with van der Waals surface area (Å²) in [5.74, 6) is 1.64. The minimum absolute atomic E-state index is 0.150. The lowest BCUT2D eigenvalue weighted by atomic mass is 9.76. The molecule has 6 heteroatoms. The van der Waals surface area contributed by atoms with Crippen LogP contribution >= 0.6 is 0 Å². The SMILES string of the molecule is CCCS(=O)(=O)N1CC(COc2ccc3c(c2)C(Cc2ccccc2)C(N)CC3)C1. The van der Waals surface area contributed by atoms with Crippen molar-refractivity contribution < 1.29 is 13.2 Å². The van der Waals surface area contributed by atoms with Crippen molar-refractivity contribution in [2.75, 3.05) is 25.4 Å². The summed E-state index contributed by atoms with van der Waals surface area (Å²) < 4.78 is 31.8. The second-order valence-corrected chi connectivity index (χ2v) is 10.8. The molecule has 2 unspecified atom stereocenters. The second kappa shape index (κ2) is 9.08. The Labute approximate surface area is 180 Å².